The SMILES string of the molecule is O=CCN(c1ccccc1)S(=O)(=O)O. The van der Waals surface area contributed by atoms with Gasteiger partial charge >= 0.3 is 10.3 Å². The third-order valence-electron chi connectivity index (χ3n) is 1.56. The standard InChI is InChI=1S/C8H9NO4S/c10-7-6-9(14(11,12)13)8-4-2-1-3-5-8/h1-5,7H,6H2,(H,11,12,13). The zero-order valence-corrected chi connectivity index (χ0v) is 8.02. The van der Waals surface area contributed by atoms with E-state index in [9.17, 15) is 13.2 Å². The van der Waals surface area contributed by atoms with Gasteiger partial charge < -0.3 is 4.79 Å². The maximum atomic E-state index is 10.8. The second kappa shape index (κ2) is 4.21. The van der Waals surface area contributed by atoms with E-state index in [1.807, 2.05) is 0 Å². The Hall–Kier alpha value is -1.40. The van der Waals surface area contributed by atoms with Crippen molar-refractivity contribution < 1.29 is 17.8 Å². The van der Waals surface area contributed by atoms with Crippen LogP contribution < -0.4 is 4.31 Å². The summed E-state index contributed by atoms with van der Waals surface area (Å²) < 4.78 is 31.1. The molecule has 1 rings (SSSR count). The first-order valence-corrected chi connectivity index (χ1v) is 5.19. The highest BCUT2D eigenvalue weighted by Gasteiger charge is 2.18. The van der Waals surface area contributed by atoms with E-state index in [1.54, 1.807) is 18.2 Å². The number of aldehydes is 1. The van der Waals surface area contributed by atoms with Gasteiger partial charge in [-0.05, 0) is 12.1 Å². The predicted molar refractivity (Wildman–Crippen MR) is 51.4 cm³/mol. The van der Waals surface area contributed by atoms with Crippen LogP contribution in [0.2, 0.25) is 0 Å². The number of benzene rings is 1. The van der Waals surface area contributed by atoms with Crippen LogP contribution in [0.15, 0.2) is 30.3 Å². The third-order valence-corrected chi connectivity index (χ3v) is 2.48. The Bertz CT molecular complexity index is 401. The molecule has 0 aliphatic rings. The average Bonchev–Trinajstić information content (AvgIpc) is 2.14. The van der Waals surface area contributed by atoms with E-state index in [0.717, 1.165) is 0 Å². The van der Waals surface area contributed by atoms with Gasteiger partial charge in [0.15, 0.2) is 0 Å². The van der Waals surface area contributed by atoms with Gasteiger partial charge in [0.25, 0.3) is 0 Å². The lowest BCUT2D eigenvalue weighted by molar-refractivity contribution is -0.106. The first-order valence-electron chi connectivity index (χ1n) is 3.79. The fourth-order valence-corrected chi connectivity index (χ4v) is 1.63. The van der Waals surface area contributed by atoms with Crippen molar-refractivity contribution in [2.24, 2.45) is 0 Å². The lowest BCUT2D eigenvalue weighted by Gasteiger charge is -2.17. The molecule has 0 atom stereocenters. The Morgan fingerprint density at radius 1 is 1.29 bits per heavy atom. The van der Waals surface area contributed by atoms with E-state index >= 15 is 0 Å². The van der Waals surface area contributed by atoms with Gasteiger partial charge in [-0.25, -0.2) is 4.31 Å². The normalized spacial score (nSPS) is 10.9. The minimum absolute atomic E-state index is 0.252. The maximum Gasteiger partial charge on any atom is 0.360 e. The van der Waals surface area contributed by atoms with Crippen LogP contribution in [0.3, 0.4) is 0 Å². The van der Waals surface area contributed by atoms with Crippen LogP contribution in [0.25, 0.3) is 0 Å². The summed E-state index contributed by atoms with van der Waals surface area (Å²) in [5.74, 6) is 0. The molecule has 5 nitrogen and oxygen atoms in total. The van der Waals surface area contributed by atoms with Gasteiger partial charge in [0, 0.05) is 0 Å². The fourth-order valence-electron chi connectivity index (χ4n) is 0.995. The van der Waals surface area contributed by atoms with Crippen molar-refractivity contribution in [2.75, 3.05) is 10.8 Å². The zero-order valence-electron chi connectivity index (χ0n) is 7.20. The van der Waals surface area contributed by atoms with Crippen molar-refractivity contribution in [3.05, 3.63) is 30.3 Å². The number of anilines is 1. The molecular weight excluding hydrogens is 206 g/mol. The van der Waals surface area contributed by atoms with E-state index in [0.29, 0.717) is 10.6 Å². The number of carbonyl (C=O) groups is 1. The molecule has 0 fully saturated rings. The molecule has 0 aromatic heterocycles. The van der Waals surface area contributed by atoms with Crippen LogP contribution in [0.4, 0.5) is 5.69 Å². The number of hydrogen-bond donors (Lipinski definition) is 1. The van der Waals surface area contributed by atoms with Gasteiger partial charge in [0.1, 0.15) is 6.29 Å². The van der Waals surface area contributed by atoms with E-state index < -0.39 is 16.8 Å². The van der Waals surface area contributed by atoms with Gasteiger partial charge in [-0.15, -0.1) is 0 Å². The molecule has 0 saturated carbocycles. The van der Waals surface area contributed by atoms with E-state index in [2.05, 4.69) is 0 Å². The molecule has 76 valence electrons. The first kappa shape index (κ1) is 10.7. The second-order valence-corrected chi connectivity index (χ2v) is 3.85. The van der Waals surface area contributed by atoms with Gasteiger partial charge in [0.2, 0.25) is 0 Å². The molecule has 0 heterocycles. The quantitative estimate of drug-likeness (QED) is 0.586. The van der Waals surface area contributed by atoms with Crippen LogP contribution in [-0.4, -0.2) is 25.8 Å². The highest BCUT2D eigenvalue weighted by Crippen LogP contribution is 2.15. The molecule has 0 unspecified atom stereocenters. The smallest absolute Gasteiger partial charge is 0.301 e. The molecule has 0 aliphatic carbocycles. The van der Waals surface area contributed by atoms with E-state index in [1.165, 1.54) is 12.1 Å². The summed E-state index contributed by atoms with van der Waals surface area (Å²) in [6, 6.07) is 7.89. The number of carbonyl (C=O) groups excluding carboxylic acids is 1. The van der Waals surface area contributed by atoms with Crippen molar-refractivity contribution in [3.8, 4) is 0 Å². The van der Waals surface area contributed by atoms with E-state index in [4.69, 9.17) is 4.55 Å². The summed E-state index contributed by atoms with van der Waals surface area (Å²) in [6.45, 7) is -0.400. The summed E-state index contributed by atoms with van der Waals surface area (Å²) in [6.07, 6.45) is 0.404. The molecule has 1 aromatic carbocycles. The summed E-state index contributed by atoms with van der Waals surface area (Å²) in [7, 11) is -4.38. The lowest BCUT2D eigenvalue weighted by atomic mass is 10.3. The van der Waals surface area contributed by atoms with Gasteiger partial charge in [-0.2, -0.15) is 8.42 Å². The maximum absolute atomic E-state index is 10.8. The number of rotatable bonds is 4. The van der Waals surface area contributed by atoms with Crippen LogP contribution in [0.1, 0.15) is 0 Å². The van der Waals surface area contributed by atoms with E-state index in [-0.39, 0.29) is 5.69 Å². The summed E-state index contributed by atoms with van der Waals surface area (Å²) in [5, 5.41) is 0. The molecule has 0 spiro atoms. The zero-order chi connectivity index (χ0) is 10.6. The fraction of sp³-hybridized carbons (Fsp3) is 0.125. The minimum Gasteiger partial charge on any atom is -0.301 e. The number of para-hydroxylation sites is 1. The lowest BCUT2D eigenvalue weighted by Crippen LogP contribution is -2.31. The molecule has 0 bridgehead atoms. The summed E-state index contributed by atoms with van der Waals surface area (Å²) in [4.78, 5) is 10.2. The Balaban J connectivity index is 3.07. The summed E-state index contributed by atoms with van der Waals surface area (Å²) in [5.41, 5.74) is 0.252. The topological polar surface area (TPSA) is 74.7 Å². The second-order valence-electron chi connectivity index (χ2n) is 2.51. The number of hydrogen-bond acceptors (Lipinski definition) is 3. The molecule has 0 saturated heterocycles. The Morgan fingerprint density at radius 2 is 1.86 bits per heavy atom. The van der Waals surface area contributed by atoms with Crippen LogP contribution in [-0.2, 0) is 15.1 Å². The third kappa shape index (κ3) is 2.54. The average molecular weight is 215 g/mol. The van der Waals surface area contributed by atoms with Gasteiger partial charge in [-0.1, -0.05) is 18.2 Å². The highest BCUT2D eigenvalue weighted by molar-refractivity contribution is 7.87. The molecule has 0 aliphatic heterocycles. The van der Waals surface area contributed by atoms with Crippen molar-refractivity contribution in [2.45, 2.75) is 0 Å². The Morgan fingerprint density at radius 3 is 2.29 bits per heavy atom. The van der Waals surface area contributed by atoms with Crippen molar-refractivity contribution in [1.82, 2.24) is 0 Å². The molecule has 0 radical (unpaired) electrons. The Labute approximate surface area is 81.8 Å². The number of nitrogens with zero attached hydrogens (tertiary/aromatic N) is 1. The van der Waals surface area contributed by atoms with Crippen molar-refractivity contribution in [1.29, 1.82) is 0 Å². The van der Waals surface area contributed by atoms with Crippen LogP contribution in [0.5, 0.6) is 0 Å². The highest BCUT2D eigenvalue weighted by atomic mass is 32.2. The van der Waals surface area contributed by atoms with Gasteiger partial charge in [-0.3, -0.25) is 4.55 Å². The minimum atomic E-state index is -4.38. The molecular formula is C8H9NO4S. The Kier molecular flexibility index (Phi) is 3.21. The van der Waals surface area contributed by atoms with Crippen LogP contribution in [0, 0.1) is 0 Å². The summed E-state index contributed by atoms with van der Waals surface area (Å²) >= 11 is 0. The molecule has 14 heavy (non-hydrogen) atoms. The van der Waals surface area contributed by atoms with Crippen molar-refractivity contribution >= 4 is 22.3 Å². The van der Waals surface area contributed by atoms with Gasteiger partial charge in [0.05, 0.1) is 12.2 Å². The first-order chi connectivity index (χ1) is 6.55. The molecule has 1 N–H and O–H groups in total. The van der Waals surface area contributed by atoms with Crippen molar-refractivity contribution in [3.63, 3.8) is 0 Å². The molecule has 6 heteroatoms. The predicted octanol–water partition coefficient (Wildman–Crippen LogP) is 0.495. The molecule has 0 amide bonds. The monoisotopic (exact) mass is 215 g/mol. The van der Waals surface area contributed by atoms with Crippen LogP contribution >= 0.6 is 0 Å². The largest absolute Gasteiger partial charge is 0.360 e. The molecule has 1 aromatic rings.